The number of hydrogen-bond acceptors (Lipinski definition) is 3. The Morgan fingerprint density at radius 1 is 1.37 bits per heavy atom. The van der Waals surface area contributed by atoms with Gasteiger partial charge in [-0.3, -0.25) is 9.59 Å². The maximum atomic E-state index is 12.4. The zero-order chi connectivity index (χ0) is 13.6. The molecule has 0 aliphatic carbocycles. The van der Waals surface area contributed by atoms with E-state index in [4.69, 9.17) is 11.6 Å². The lowest BCUT2D eigenvalue weighted by Crippen LogP contribution is -2.03. The molecular weight excluding hydrogens is 350 g/mol. The number of halogens is 2. The molecule has 1 amide bonds. The van der Waals surface area contributed by atoms with Gasteiger partial charge < -0.3 is 5.32 Å². The molecule has 0 spiro atoms. The van der Waals surface area contributed by atoms with Crippen LogP contribution in [-0.4, -0.2) is 11.7 Å². The summed E-state index contributed by atoms with van der Waals surface area (Å²) in [6.45, 7) is 0. The molecule has 3 rings (SSSR count). The lowest BCUT2D eigenvalue weighted by molar-refractivity contribution is -0.115. The molecule has 1 aromatic heterocycles. The highest BCUT2D eigenvalue weighted by Gasteiger charge is 2.22. The van der Waals surface area contributed by atoms with Gasteiger partial charge in [-0.2, -0.15) is 0 Å². The SMILES string of the molecule is O=C1Cc2cc(C(=O)c3csc(Br)c3)c(Cl)cc2N1. The number of ketones is 1. The van der Waals surface area contributed by atoms with Crippen LogP contribution >= 0.6 is 38.9 Å². The summed E-state index contributed by atoms with van der Waals surface area (Å²) in [6, 6.07) is 5.10. The van der Waals surface area contributed by atoms with Crippen molar-refractivity contribution in [3.63, 3.8) is 0 Å². The molecule has 19 heavy (non-hydrogen) atoms. The van der Waals surface area contributed by atoms with Gasteiger partial charge in [0.2, 0.25) is 5.91 Å². The topological polar surface area (TPSA) is 46.2 Å². The average molecular weight is 357 g/mol. The predicted octanol–water partition coefficient (Wildman–Crippen LogP) is 3.89. The molecule has 3 nitrogen and oxygen atoms in total. The van der Waals surface area contributed by atoms with Crippen molar-refractivity contribution in [3.05, 3.63) is 49.1 Å². The summed E-state index contributed by atoms with van der Waals surface area (Å²) in [7, 11) is 0. The van der Waals surface area contributed by atoms with E-state index < -0.39 is 0 Å². The average Bonchev–Trinajstić information content (AvgIpc) is 2.92. The monoisotopic (exact) mass is 355 g/mol. The number of nitrogens with one attached hydrogen (secondary N) is 1. The summed E-state index contributed by atoms with van der Waals surface area (Å²) < 4.78 is 0.893. The molecule has 0 fully saturated rings. The third-order valence-electron chi connectivity index (χ3n) is 2.89. The van der Waals surface area contributed by atoms with Gasteiger partial charge in [0, 0.05) is 22.2 Å². The van der Waals surface area contributed by atoms with E-state index in [1.807, 2.05) is 0 Å². The van der Waals surface area contributed by atoms with Crippen molar-refractivity contribution in [1.82, 2.24) is 0 Å². The van der Waals surface area contributed by atoms with Crippen molar-refractivity contribution in [1.29, 1.82) is 0 Å². The second-order valence-corrected chi connectivity index (χ2v) is 6.88. The third kappa shape index (κ3) is 2.33. The molecule has 6 heteroatoms. The van der Waals surface area contributed by atoms with Crippen molar-refractivity contribution in [2.45, 2.75) is 6.42 Å². The first kappa shape index (κ1) is 12.8. The van der Waals surface area contributed by atoms with Gasteiger partial charge in [-0.1, -0.05) is 11.6 Å². The number of fused-ring (bicyclic) bond motifs is 1. The number of carbonyl (C=O) groups is 2. The van der Waals surface area contributed by atoms with E-state index >= 15 is 0 Å². The molecule has 1 aromatic carbocycles. The Kier molecular flexibility index (Phi) is 3.20. The standard InChI is InChI=1S/C13H7BrClNO2S/c14-11-2-7(5-19-11)13(18)8-1-6-3-12(17)16-10(6)4-9(8)15/h1-2,4-5H,3H2,(H,16,17). The summed E-state index contributed by atoms with van der Waals surface area (Å²) in [6.07, 6.45) is 0.292. The molecule has 2 heterocycles. The molecule has 96 valence electrons. The molecule has 2 aromatic rings. The highest BCUT2D eigenvalue weighted by molar-refractivity contribution is 9.11. The van der Waals surface area contributed by atoms with E-state index in [1.165, 1.54) is 11.3 Å². The predicted molar refractivity (Wildman–Crippen MR) is 79.2 cm³/mol. The quantitative estimate of drug-likeness (QED) is 0.830. The maximum Gasteiger partial charge on any atom is 0.228 e. The number of rotatable bonds is 2. The number of benzene rings is 1. The Morgan fingerprint density at radius 2 is 2.16 bits per heavy atom. The zero-order valence-electron chi connectivity index (χ0n) is 9.50. The largest absolute Gasteiger partial charge is 0.325 e. The highest BCUT2D eigenvalue weighted by atomic mass is 79.9. The van der Waals surface area contributed by atoms with Crippen LogP contribution in [0.25, 0.3) is 0 Å². The summed E-state index contributed by atoms with van der Waals surface area (Å²) in [4.78, 5) is 23.7. The van der Waals surface area contributed by atoms with E-state index in [1.54, 1.807) is 23.6 Å². The van der Waals surface area contributed by atoms with Gasteiger partial charge in [0.25, 0.3) is 0 Å². The highest BCUT2D eigenvalue weighted by Crippen LogP contribution is 2.32. The summed E-state index contributed by atoms with van der Waals surface area (Å²) in [5.41, 5.74) is 2.53. The van der Waals surface area contributed by atoms with Gasteiger partial charge >= 0.3 is 0 Å². The summed E-state index contributed by atoms with van der Waals surface area (Å²) in [5, 5.41) is 4.84. The fourth-order valence-corrected chi connectivity index (χ4v) is 3.39. The Bertz CT molecular complexity index is 711. The van der Waals surface area contributed by atoms with Crippen LogP contribution in [0.3, 0.4) is 0 Å². The Hall–Kier alpha value is -1.17. The first-order valence-electron chi connectivity index (χ1n) is 5.45. The van der Waals surface area contributed by atoms with Gasteiger partial charge in [-0.15, -0.1) is 11.3 Å². The van der Waals surface area contributed by atoms with Crippen molar-refractivity contribution in [2.24, 2.45) is 0 Å². The van der Waals surface area contributed by atoms with Gasteiger partial charge in [0.1, 0.15) is 0 Å². The molecule has 1 N–H and O–H groups in total. The fraction of sp³-hybridized carbons (Fsp3) is 0.0769. The first-order chi connectivity index (χ1) is 9.04. The van der Waals surface area contributed by atoms with Crippen LogP contribution in [-0.2, 0) is 11.2 Å². The molecule has 0 saturated heterocycles. The van der Waals surface area contributed by atoms with E-state index in [-0.39, 0.29) is 11.7 Å². The molecule has 1 aliphatic rings. The molecule has 0 saturated carbocycles. The first-order valence-corrected chi connectivity index (χ1v) is 7.50. The minimum Gasteiger partial charge on any atom is -0.325 e. The molecular formula is C13H7BrClNO2S. The van der Waals surface area contributed by atoms with Gasteiger partial charge in [0.05, 0.1) is 15.2 Å². The lowest BCUT2D eigenvalue weighted by atomic mass is 10.0. The normalized spacial score (nSPS) is 13.3. The van der Waals surface area contributed by atoms with Crippen molar-refractivity contribution in [2.75, 3.05) is 5.32 Å². The lowest BCUT2D eigenvalue weighted by Gasteiger charge is -2.05. The van der Waals surface area contributed by atoms with Crippen LogP contribution in [0.1, 0.15) is 21.5 Å². The minimum absolute atomic E-state index is 0.0751. The summed E-state index contributed by atoms with van der Waals surface area (Å²) >= 11 is 10.9. The van der Waals surface area contributed by atoms with E-state index in [0.29, 0.717) is 28.3 Å². The summed E-state index contributed by atoms with van der Waals surface area (Å²) in [5.74, 6) is -0.206. The van der Waals surface area contributed by atoms with Crippen molar-refractivity contribution < 1.29 is 9.59 Å². The zero-order valence-corrected chi connectivity index (χ0v) is 12.7. The van der Waals surface area contributed by atoms with E-state index in [2.05, 4.69) is 21.2 Å². The van der Waals surface area contributed by atoms with Gasteiger partial charge in [0.15, 0.2) is 5.78 Å². The van der Waals surface area contributed by atoms with Gasteiger partial charge in [-0.25, -0.2) is 0 Å². The molecule has 0 atom stereocenters. The minimum atomic E-state index is -0.130. The Morgan fingerprint density at radius 3 is 2.84 bits per heavy atom. The molecule has 1 aliphatic heterocycles. The van der Waals surface area contributed by atoms with Crippen molar-refractivity contribution >= 4 is 56.2 Å². The molecule has 0 unspecified atom stereocenters. The van der Waals surface area contributed by atoms with Gasteiger partial charge in [-0.05, 0) is 39.7 Å². The van der Waals surface area contributed by atoms with Crippen molar-refractivity contribution in [3.8, 4) is 0 Å². The fourth-order valence-electron chi connectivity index (χ4n) is 2.01. The van der Waals surface area contributed by atoms with Crippen LogP contribution in [0.15, 0.2) is 27.4 Å². The number of thiophene rings is 1. The van der Waals surface area contributed by atoms with E-state index in [9.17, 15) is 9.59 Å². The van der Waals surface area contributed by atoms with Crippen LogP contribution < -0.4 is 5.32 Å². The Balaban J connectivity index is 2.04. The van der Waals surface area contributed by atoms with E-state index in [0.717, 1.165) is 9.35 Å². The molecule has 0 radical (unpaired) electrons. The number of amides is 1. The number of anilines is 1. The van der Waals surface area contributed by atoms with Crippen LogP contribution in [0.2, 0.25) is 5.02 Å². The van der Waals surface area contributed by atoms with Crippen LogP contribution in [0.5, 0.6) is 0 Å². The smallest absolute Gasteiger partial charge is 0.228 e. The van der Waals surface area contributed by atoms with Crippen LogP contribution in [0, 0.1) is 0 Å². The number of carbonyl (C=O) groups excluding carboxylic acids is 2. The maximum absolute atomic E-state index is 12.4. The Labute approximate surface area is 126 Å². The van der Waals surface area contributed by atoms with Crippen LogP contribution in [0.4, 0.5) is 5.69 Å². The number of hydrogen-bond donors (Lipinski definition) is 1. The second-order valence-electron chi connectivity index (χ2n) is 4.18. The second kappa shape index (κ2) is 4.74. The molecule has 0 bridgehead atoms. The third-order valence-corrected chi connectivity index (χ3v) is 4.71.